The molecule has 3 heterocycles. The van der Waals surface area contributed by atoms with Gasteiger partial charge in [0.05, 0.1) is 12.6 Å². The molecule has 2 fully saturated rings. The molecule has 0 radical (unpaired) electrons. The number of urea groups is 1. The fraction of sp³-hybridized carbons (Fsp3) is 0.529. The van der Waals surface area contributed by atoms with Gasteiger partial charge >= 0.3 is 6.03 Å². The number of nitrogens with one attached hydrogen (secondary N) is 1. The minimum Gasteiger partial charge on any atom is -0.367 e. The van der Waals surface area contributed by atoms with E-state index in [2.05, 4.69) is 21.9 Å². The third-order valence-corrected chi connectivity index (χ3v) is 5.23. The van der Waals surface area contributed by atoms with Crippen molar-refractivity contribution in [3.8, 4) is 0 Å². The van der Waals surface area contributed by atoms with Gasteiger partial charge in [0.15, 0.2) is 5.76 Å². The summed E-state index contributed by atoms with van der Waals surface area (Å²) in [5, 5.41) is 11.1. The number of rotatable bonds is 3. The van der Waals surface area contributed by atoms with E-state index in [4.69, 9.17) is 9.26 Å². The molecule has 1 N–H and O–H groups in total. The van der Waals surface area contributed by atoms with Crippen LogP contribution >= 0.6 is 11.3 Å². The van der Waals surface area contributed by atoms with Crippen molar-refractivity contribution in [1.82, 2.24) is 10.1 Å². The summed E-state index contributed by atoms with van der Waals surface area (Å²) >= 11 is 1.64. The lowest BCUT2D eigenvalue weighted by atomic mass is 10.1. The Morgan fingerprint density at radius 2 is 2.25 bits per heavy atom. The molecule has 24 heavy (non-hydrogen) atoms. The second-order valence-corrected chi connectivity index (χ2v) is 7.39. The van der Waals surface area contributed by atoms with E-state index in [1.54, 1.807) is 11.3 Å². The van der Waals surface area contributed by atoms with E-state index in [0.717, 1.165) is 35.5 Å². The molecular weight excluding hydrogens is 326 g/mol. The lowest BCUT2D eigenvalue weighted by molar-refractivity contribution is -0.0640. The van der Waals surface area contributed by atoms with Crippen molar-refractivity contribution in [2.24, 2.45) is 0 Å². The Bertz CT molecular complexity index is 724. The number of aryl methyl sites for hydroxylation is 1. The molecule has 2 aliphatic rings. The smallest absolute Gasteiger partial charge is 0.322 e. The molecular formula is C17H21N3O3S. The zero-order chi connectivity index (χ0) is 16.7. The third-order valence-electron chi connectivity index (χ3n) is 4.53. The Hall–Kier alpha value is -1.86. The van der Waals surface area contributed by atoms with E-state index in [0.29, 0.717) is 19.0 Å². The first-order valence-electron chi connectivity index (χ1n) is 8.31. The Balaban J connectivity index is 1.48. The number of nitrogens with zero attached hydrogens (tertiary/aromatic N) is 2. The summed E-state index contributed by atoms with van der Waals surface area (Å²) in [4.78, 5) is 14.6. The summed E-state index contributed by atoms with van der Waals surface area (Å²) in [7, 11) is 0. The molecule has 2 aromatic heterocycles. The van der Waals surface area contributed by atoms with Gasteiger partial charge in [0.25, 0.3) is 0 Å². The van der Waals surface area contributed by atoms with Gasteiger partial charge < -0.3 is 19.5 Å². The van der Waals surface area contributed by atoms with Gasteiger partial charge in [0, 0.05) is 12.5 Å². The average molecular weight is 347 g/mol. The van der Waals surface area contributed by atoms with E-state index in [1.165, 1.54) is 0 Å². The Kier molecular flexibility index (Phi) is 4.05. The standard InChI is InChI=1S/C17H21N3O3S/c1-10-7-20(8-14(22-10)13-5-6-24-9-13)17(21)18-15-11(2)19-23-16(15)12-3-4-12/h5-6,9-10,12,14H,3-4,7-8H2,1-2H3,(H,18,21)/t10-,14+/m1/s1. The van der Waals surface area contributed by atoms with Crippen LogP contribution in [0.1, 0.15) is 48.8 Å². The first kappa shape index (κ1) is 15.7. The van der Waals surface area contributed by atoms with Crippen LogP contribution in [0.5, 0.6) is 0 Å². The van der Waals surface area contributed by atoms with Gasteiger partial charge in [-0.2, -0.15) is 11.3 Å². The Morgan fingerprint density at radius 1 is 1.42 bits per heavy atom. The quantitative estimate of drug-likeness (QED) is 0.914. The van der Waals surface area contributed by atoms with Crippen LogP contribution in [0.4, 0.5) is 10.5 Å². The molecule has 6 nitrogen and oxygen atoms in total. The van der Waals surface area contributed by atoms with Crippen LogP contribution in [-0.4, -0.2) is 35.3 Å². The van der Waals surface area contributed by atoms with E-state index in [1.807, 2.05) is 24.1 Å². The molecule has 0 unspecified atom stereocenters. The molecule has 128 valence electrons. The molecule has 1 aliphatic carbocycles. The predicted molar refractivity (Wildman–Crippen MR) is 91.4 cm³/mol. The van der Waals surface area contributed by atoms with Crippen LogP contribution in [0.15, 0.2) is 21.3 Å². The second kappa shape index (κ2) is 6.22. The van der Waals surface area contributed by atoms with Gasteiger partial charge in [0.2, 0.25) is 0 Å². The minimum absolute atomic E-state index is 0.000809. The summed E-state index contributed by atoms with van der Waals surface area (Å²) < 4.78 is 11.4. The number of amides is 2. The van der Waals surface area contributed by atoms with Crippen LogP contribution < -0.4 is 5.32 Å². The topological polar surface area (TPSA) is 67.6 Å². The monoisotopic (exact) mass is 347 g/mol. The maximum Gasteiger partial charge on any atom is 0.322 e. The van der Waals surface area contributed by atoms with Crippen LogP contribution in [0.25, 0.3) is 0 Å². The number of ether oxygens (including phenoxy) is 1. The molecule has 1 saturated heterocycles. The maximum atomic E-state index is 12.8. The van der Waals surface area contributed by atoms with Crippen molar-refractivity contribution in [2.75, 3.05) is 18.4 Å². The van der Waals surface area contributed by atoms with Gasteiger partial charge in [-0.25, -0.2) is 4.79 Å². The molecule has 0 aromatic carbocycles. The van der Waals surface area contributed by atoms with Crippen molar-refractivity contribution in [3.05, 3.63) is 33.8 Å². The molecule has 1 saturated carbocycles. The van der Waals surface area contributed by atoms with Gasteiger partial charge in [0.1, 0.15) is 17.5 Å². The van der Waals surface area contributed by atoms with Crippen LogP contribution in [0.3, 0.4) is 0 Å². The Labute approximate surface area is 144 Å². The fourth-order valence-electron chi connectivity index (χ4n) is 3.11. The van der Waals surface area contributed by atoms with Crippen LogP contribution in [0.2, 0.25) is 0 Å². The van der Waals surface area contributed by atoms with E-state index in [9.17, 15) is 4.79 Å². The lowest BCUT2D eigenvalue weighted by Gasteiger charge is -2.36. The molecule has 0 spiro atoms. The molecule has 2 aromatic rings. The van der Waals surface area contributed by atoms with Gasteiger partial charge in [-0.05, 0) is 49.1 Å². The summed E-state index contributed by atoms with van der Waals surface area (Å²) in [5.74, 6) is 1.22. The largest absolute Gasteiger partial charge is 0.367 e. The number of hydrogen-bond donors (Lipinski definition) is 1. The average Bonchev–Trinajstić information content (AvgIpc) is 3.12. The summed E-state index contributed by atoms with van der Waals surface area (Å²) in [6, 6.07) is 1.94. The highest BCUT2D eigenvalue weighted by molar-refractivity contribution is 7.07. The summed E-state index contributed by atoms with van der Waals surface area (Å²) in [6.07, 6.45) is 2.14. The third kappa shape index (κ3) is 3.06. The number of anilines is 1. The number of aromatic nitrogens is 1. The SMILES string of the molecule is Cc1noc(C2CC2)c1NC(=O)N1C[C@@H](C)O[C@H](c2ccsc2)C1. The highest BCUT2D eigenvalue weighted by atomic mass is 32.1. The van der Waals surface area contributed by atoms with Crippen LogP contribution in [0, 0.1) is 6.92 Å². The van der Waals surface area contributed by atoms with Gasteiger partial charge in [-0.15, -0.1) is 0 Å². The molecule has 4 rings (SSSR count). The van der Waals surface area contributed by atoms with E-state index in [-0.39, 0.29) is 18.2 Å². The minimum atomic E-state index is -0.112. The number of carbonyl (C=O) groups excluding carboxylic acids is 1. The van der Waals surface area contributed by atoms with Crippen LogP contribution in [-0.2, 0) is 4.74 Å². The number of morpholine rings is 1. The second-order valence-electron chi connectivity index (χ2n) is 6.61. The van der Waals surface area contributed by atoms with E-state index >= 15 is 0 Å². The van der Waals surface area contributed by atoms with Crippen molar-refractivity contribution in [3.63, 3.8) is 0 Å². The maximum absolute atomic E-state index is 12.8. The zero-order valence-corrected chi connectivity index (χ0v) is 14.6. The first-order chi connectivity index (χ1) is 11.6. The Morgan fingerprint density at radius 3 is 2.96 bits per heavy atom. The molecule has 2 amide bonds. The van der Waals surface area contributed by atoms with Crippen molar-refractivity contribution >= 4 is 23.1 Å². The molecule has 0 bridgehead atoms. The fourth-order valence-corrected chi connectivity index (χ4v) is 3.81. The lowest BCUT2D eigenvalue weighted by Crippen LogP contribution is -2.47. The molecule has 1 aliphatic heterocycles. The normalized spacial score (nSPS) is 24.2. The highest BCUT2D eigenvalue weighted by Gasteiger charge is 2.34. The first-order valence-corrected chi connectivity index (χ1v) is 9.25. The van der Waals surface area contributed by atoms with E-state index < -0.39 is 0 Å². The number of hydrogen-bond acceptors (Lipinski definition) is 5. The number of carbonyl (C=O) groups is 1. The van der Waals surface area contributed by atoms with Crippen molar-refractivity contribution < 1.29 is 14.1 Å². The molecule has 7 heteroatoms. The van der Waals surface area contributed by atoms with Gasteiger partial charge in [-0.1, -0.05) is 5.16 Å². The summed E-state index contributed by atoms with van der Waals surface area (Å²) in [6.45, 7) is 4.99. The highest BCUT2D eigenvalue weighted by Crippen LogP contribution is 2.44. The molecule has 2 atom stereocenters. The summed E-state index contributed by atoms with van der Waals surface area (Å²) in [5.41, 5.74) is 2.61. The van der Waals surface area contributed by atoms with Gasteiger partial charge in [-0.3, -0.25) is 0 Å². The van der Waals surface area contributed by atoms with Crippen molar-refractivity contribution in [1.29, 1.82) is 0 Å². The predicted octanol–water partition coefficient (Wildman–Crippen LogP) is 3.92. The van der Waals surface area contributed by atoms with Crippen molar-refractivity contribution in [2.45, 2.75) is 44.8 Å². The number of thiophene rings is 1. The zero-order valence-electron chi connectivity index (χ0n) is 13.8.